The Morgan fingerprint density at radius 2 is 2.38 bits per heavy atom. The highest BCUT2D eigenvalue weighted by molar-refractivity contribution is 5.98. The van der Waals surface area contributed by atoms with E-state index in [0.717, 1.165) is 30.9 Å². The number of anilines is 2. The van der Waals surface area contributed by atoms with Gasteiger partial charge in [0.05, 0.1) is 12.2 Å². The summed E-state index contributed by atoms with van der Waals surface area (Å²) in [5.74, 6) is 0.646. The highest BCUT2D eigenvalue weighted by atomic mass is 16.2. The summed E-state index contributed by atoms with van der Waals surface area (Å²) in [5.41, 5.74) is 7.32. The molecule has 0 aliphatic carbocycles. The fraction of sp³-hybridized carbons (Fsp3) is 0.273. The quantitative estimate of drug-likeness (QED) is 0.705. The number of primary amides is 1. The molecule has 2 aliphatic heterocycles. The number of pyridine rings is 1. The van der Waals surface area contributed by atoms with Crippen LogP contribution in [0, 0.1) is 0 Å². The third-order valence-corrected chi connectivity index (χ3v) is 2.96. The number of carbonyl (C=O) groups is 1. The van der Waals surface area contributed by atoms with Crippen molar-refractivity contribution in [2.75, 3.05) is 22.9 Å². The molecule has 2 N–H and O–H groups in total. The maximum absolute atomic E-state index is 11.5. The third kappa shape index (κ3) is 1.18. The fourth-order valence-electron chi connectivity index (χ4n) is 2.28. The summed E-state index contributed by atoms with van der Waals surface area (Å²) >= 11 is 0. The summed E-state index contributed by atoms with van der Waals surface area (Å²) in [6, 6.07) is 3.38. The molecule has 2 bridgehead atoms. The van der Waals surface area contributed by atoms with E-state index < -0.39 is 6.03 Å². The minimum absolute atomic E-state index is 0.465. The van der Waals surface area contributed by atoms with Crippen molar-refractivity contribution in [1.29, 1.82) is 0 Å². The number of urea groups is 1. The number of nitrogens with zero attached hydrogens (tertiary/aromatic N) is 3. The van der Waals surface area contributed by atoms with Crippen LogP contribution in [0.2, 0.25) is 0 Å². The highest BCUT2D eigenvalue weighted by Gasteiger charge is 2.32. The molecule has 1 aromatic rings. The van der Waals surface area contributed by atoms with Crippen LogP contribution in [0.3, 0.4) is 0 Å². The third-order valence-electron chi connectivity index (χ3n) is 2.96. The number of aromatic nitrogens is 1. The van der Waals surface area contributed by atoms with Gasteiger partial charge in [0, 0.05) is 18.4 Å². The Hall–Kier alpha value is -2.04. The minimum Gasteiger partial charge on any atom is -0.362 e. The van der Waals surface area contributed by atoms with Crippen molar-refractivity contribution < 1.29 is 4.79 Å². The molecule has 0 aromatic carbocycles. The normalized spacial score (nSPS) is 17.9. The Labute approximate surface area is 93.2 Å². The van der Waals surface area contributed by atoms with Crippen molar-refractivity contribution in [2.45, 2.75) is 6.42 Å². The van der Waals surface area contributed by atoms with E-state index in [1.54, 1.807) is 6.20 Å². The SMILES string of the molecule is NC(=O)N1C2=CCCN(C2)c2cccnc21. The first-order valence-corrected chi connectivity index (χ1v) is 5.26. The van der Waals surface area contributed by atoms with Gasteiger partial charge in [-0.1, -0.05) is 6.08 Å². The summed E-state index contributed by atoms with van der Waals surface area (Å²) in [6.07, 6.45) is 4.67. The van der Waals surface area contributed by atoms with Gasteiger partial charge in [-0.2, -0.15) is 0 Å². The standard InChI is InChI=1S/C11H12N4O/c12-11(16)15-8-3-2-6-14(7-8)9-4-1-5-13-10(9)15/h1,3-5H,2,6-7H2,(H2,12,16). The van der Waals surface area contributed by atoms with Gasteiger partial charge < -0.3 is 10.6 Å². The second kappa shape index (κ2) is 3.23. The lowest BCUT2D eigenvalue weighted by atomic mass is 10.1. The first kappa shape index (κ1) is 9.21. The molecule has 0 atom stereocenters. The maximum atomic E-state index is 11.5. The first-order chi connectivity index (χ1) is 7.77. The van der Waals surface area contributed by atoms with E-state index in [-0.39, 0.29) is 0 Å². The molecule has 2 amide bonds. The summed E-state index contributed by atoms with van der Waals surface area (Å²) < 4.78 is 0. The Morgan fingerprint density at radius 1 is 1.50 bits per heavy atom. The molecule has 1 aromatic heterocycles. The molecule has 0 saturated carbocycles. The van der Waals surface area contributed by atoms with Crippen LogP contribution in [0.5, 0.6) is 0 Å². The molecular formula is C11H12N4O. The lowest BCUT2D eigenvalue weighted by Crippen LogP contribution is -2.47. The zero-order valence-electron chi connectivity index (χ0n) is 8.76. The molecule has 3 rings (SSSR count). The Kier molecular flexibility index (Phi) is 1.86. The average molecular weight is 216 g/mol. The molecule has 3 heterocycles. The summed E-state index contributed by atoms with van der Waals surface area (Å²) in [4.78, 5) is 19.4. The second-order valence-electron chi connectivity index (χ2n) is 3.93. The van der Waals surface area contributed by atoms with Gasteiger partial charge in [0.1, 0.15) is 0 Å². The van der Waals surface area contributed by atoms with Crippen molar-refractivity contribution in [3.8, 4) is 0 Å². The number of hydrogen-bond donors (Lipinski definition) is 1. The second-order valence-corrected chi connectivity index (χ2v) is 3.93. The van der Waals surface area contributed by atoms with Gasteiger partial charge in [-0.3, -0.25) is 0 Å². The molecule has 0 radical (unpaired) electrons. The predicted octanol–water partition coefficient (Wildman–Crippen LogP) is 1.07. The Balaban J connectivity index is 2.20. The monoisotopic (exact) mass is 216 g/mol. The van der Waals surface area contributed by atoms with Gasteiger partial charge in [0.25, 0.3) is 0 Å². The van der Waals surface area contributed by atoms with Gasteiger partial charge in [0.2, 0.25) is 0 Å². The maximum Gasteiger partial charge on any atom is 0.324 e. The van der Waals surface area contributed by atoms with Gasteiger partial charge in [-0.05, 0) is 18.6 Å². The fourth-order valence-corrected chi connectivity index (χ4v) is 2.28. The smallest absolute Gasteiger partial charge is 0.324 e. The van der Waals surface area contributed by atoms with E-state index >= 15 is 0 Å². The van der Waals surface area contributed by atoms with Gasteiger partial charge >= 0.3 is 6.03 Å². The molecule has 5 nitrogen and oxygen atoms in total. The van der Waals surface area contributed by atoms with Crippen LogP contribution < -0.4 is 15.5 Å². The number of rotatable bonds is 0. The topological polar surface area (TPSA) is 62.5 Å². The van der Waals surface area contributed by atoms with Crippen molar-refractivity contribution in [1.82, 2.24) is 4.98 Å². The highest BCUT2D eigenvalue weighted by Crippen LogP contribution is 2.36. The van der Waals surface area contributed by atoms with Crippen LogP contribution in [0.4, 0.5) is 16.3 Å². The van der Waals surface area contributed by atoms with Crippen LogP contribution in [-0.2, 0) is 0 Å². The predicted molar refractivity (Wildman–Crippen MR) is 61.2 cm³/mol. The van der Waals surface area contributed by atoms with Crippen LogP contribution in [0.1, 0.15) is 6.42 Å². The summed E-state index contributed by atoms with van der Waals surface area (Å²) in [7, 11) is 0. The van der Waals surface area contributed by atoms with Crippen molar-refractivity contribution in [2.24, 2.45) is 5.73 Å². The molecule has 0 spiro atoms. The molecule has 16 heavy (non-hydrogen) atoms. The van der Waals surface area contributed by atoms with Gasteiger partial charge in [-0.15, -0.1) is 0 Å². The lowest BCUT2D eigenvalue weighted by molar-refractivity contribution is 0.255. The van der Waals surface area contributed by atoms with E-state index in [9.17, 15) is 4.79 Å². The molecular weight excluding hydrogens is 204 g/mol. The molecule has 2 aliphatic rings. The van der Waals surface area contributed by atoms with E-state index in [4.69, 9.17) is 5.73 Å². The number of nitrogens with two attached hydrogens (primary N) is 1. The van der Waals surface area contributed by atoms with Gasteiger partial charge in [0.15, 0.2) is 5.82 Å². The zero-order chi connectivity index (χ0) is 11.1. The van der Waals surface area contributed by atoms with E-state index in [2.05, 4.69) is 16.0 Å². The average Bonchev–Trinajstić information content (AvgIpc) is 2.29. The minimum atomic E-state index is -0.465. The van der Waals surface area contributed by atoms with E-state index in [1.165, 1.54) is 4.90 Å². The zero-order valence-corrected chi connectivity index (χ0v) is 8.76. The molecule has 0 unspecified atom stereocenters. The van der Waals surface area contributed by atoms with E-state index in [0.29, 0.717) is 5.82 Å². The number of amides is 2. The largest absolute Gasteiger partial charge is 0.362 e. The van der Waals surface area contributed by atoms with Crippen molar-refractivity contribution >= 4 is 17.5 Å². The Morgan fingerprint density at radius 3 is 3.19 bits per heavy atom. The number of hydrogen-bond acceptors (Lipinski definition) is 3. The molecule has 0 fully saturated rings. The van der Waals surface area contributed by atoms with E-state index in [1.807, 2.05) is 12.1 Å². The Bertz CT molecular complexity index is 483. The first-order valence-electron chi connectivity index (χ1n) is 5.26. The number of carbonyl (C=O) groups excluding carboxylic acids is 1. The van der Waals surface area contributed by atoms with Crippen LogP contribution in [-0.4, -0.2) is 24.1 Å². The van der Waals surface area contributed by atoms with Crippen LogP contribution >= 0.6 is 0 Å². The molecule has 82 valence electrons. The van der Waals surface area contributed by atoms with Crippen molar-refractivity contribution in [3.05, 3.63) is 30.1 Å². The van der Waals surface area contributed by atoms with Gasteiger partial charge in [-0.25, -0.2) is 14.7 Å². The van der Waals surface area contributed by atoms with Crippen LogP contribution in [0.25, 0.3) is 0 Å². The van der Waals surface area contributed by atoms with Crippen LogP contribution in [0.15, 0.2) is 30.1 Å². The lowest BCUT2D eigenvalue weighted by Gasteiger charge is -2.40. The molecule has 5 heteroatoms. The summed E-state index contributed by atoms with van der Waals surface area (Å²) in [5, 5.41) is 0. The van der Waals surface area contributed by atoms with Crippen molar-refractivity contribution in [3.63, 3.8) is 0 Å². The number of fused-ring (bicyclic) bond motifs is 4. The molecule has 0 saturated heterocycles. The summed E-state index contributed by atoms with van der Waals surface area (Å²) in [6.45, 7) is 1.70.